The summed E-state index contributed by atoms with van der Waals surface area (Å²) < 4.78 is 0. The smallest absolute Gasteiger partial charge is 0.255 e. The quantitative estimate of drug-likeness (QED) is 0.295. The van der Waals surface area contributed by atoms with Crippen LogP contribution in [0.4, 0.5) is 0 Å². The Balaban J connectivity index is 1.75. The van der Waals surface area contributed by atoms with Crippen molar-refractivity contribution in [3.05, 3.63) is 45.7 Å². The summed E-state index contributed by atoms with van der Waals surface area (Å²) in [6, 6.07) is 3.03. The van der Waals surface area contributed by atoms with E-state index in [9.17, 15) is 45.0 Å². The Morgan fingerprint density at radius 3 is 2.33 bits per heavy atom. The lowest BCUT2D eigenvalue weighted by Crippen LogP contribution is -2.72. The molecular formula is C23H23NO9. The van der Waals surface area contributed by atoms with Crippen LogP contribution < -0.4 is 5.73 Å². The van der Waals surface area contributed by atoms with E-state index in [0.29, 0.717) is 17.9 Å². The van der Waals surface area contributed by atoms with Gasteiger partial charge in [0.25, 0.3) is 5.91 Å². The monoisotopic (exact) mass is 457 g/mol. The highest BCUT2D eigenvalue weighted by Gasteiger charge is 2.71. The van der Waals surface area contributed by atoms with E-state index in [4.69, 9.17) is 5.73 Å². The molecule has 3 atom stereocenters. The number of aliphatic hydroxyl groups excluding tert-OH is 2. The lowest BCUT2D eigenvalue weighted by molar-refractivity contribution is -0.200. The number of hydrogen-bond donors (Lipinski definition) is 7. The van der Waals surface area contributed by atoms with Gasteiger partial charge in [0.2, 0.25) is 11.4 Å². The van der Waals surface area contributed by atoms with E-state index < -0.39 is 69.8 Å². The van der Waals surface area contributed by atoms with Crippen LogP contribution in [0, 0.1) is 5.92 Å². The first-order valence-corrected chi connectivity index (χ1v) is 10.6. The van der Waals surface area contributed by atoms with Crippen LogP contribution in [-0.2, 0) is 27.2 Å². The third kappa shape index (κ3) is 2.68. The zero-order valence-corrected chi connectivity index (χ0v) is 17.5. The molecule has 2 saturated carbocycles. The molecule has 1 aromatic rings. The lowest BCUT2D eigenvalue weighted by Gasteiger charge is -2.54. The summed E-state index contributed by atoms with van der Waals surface area (Å²) in [5, 5.41) is 66.0. The number of ketones is 2. The number of nitrogens with two attached hydrogens (primary N) is 1. The minimum absolute atomic E-state index is 0.0827. The average Bonchev–Trinajstić information content (AvgIpc) is 3.50. The van der Waals surface area contributed by atoms with Crippen molar-refractivity contribution in [3.63, 3.8) is 0 Å². The first-order chi connectivity index (χ1) is 15.3. The molecule has 1 aromatic carbocycles. The van der Waals surface area contributed by atoms with Crippen molar-refractivity contribution in [1.82, 2.24) is 0 Å². The van der Waals surface area contributed by atoms with E-state index in [-0.39, 0.29) is 17.7 Å². The number of phenols is 1. The number of aromatic hydroxyl groups is 1. The molecule has 0 saturated heterocycles. The van der Waals surface area contributed by atoms with Crippen molar-refractivity contribution in [2.75, 3.05) is 0 Å². The van der Waals surface area contributed by atoms with Crippen LogP contribution in [0.2, 0.25) is 0 Å². The Kier molecular flexibility index (Phi) is 4.22. The number of aliphatic hydroxyl groups is 5. The minimum Gasteiger partial charge on any atom is -0.508 e. The normalized spacial score (nSPS) is 33.5. The number of carbonyl (C=O) groups excluding carboxylic acids is 3. The van der Waals surface area contributed by atoms with Crippen molar-refractivity contribution in [2.45, 2.75) is 55.3 Å². The SMILES string of the molecule is NC(=O)C1=C(O)[C@@]2(O)C(=O)C3=C(O)c4c(O)ccc(CC5CC5)c4CC3(O)CC2(O)CC1=O. The first-order valence-electron chi connectivity index (χ1n) is 10.6. The molecule has 0 aromatic heterocycles. The molecule has 0 radical (unpaired) electrons. The van der Waals surface area contributed by atoms with Gasteiger partial charge in [0, 0.05) is 19.3 Å². The van der Waals surface area contributed by atoms with E-state index in [1.807, 2.05) is 0 Å². The maximum Gasteiger partial charge on any atom is 0.255 e. The van der Waals surface area contributed by atoms with Crippen molar-refractivity contribution in [2.24, 2.45) is 11.7 Å². The van der Waals surface area contributed by atoms with E-state index in [1.54, 1.807) is 6.07 Å². The highest BCUT2D eigenvalue weighted by Crippen LogP contribution is 2.55. The van der Waals surface area contributed by atoms with Crippen molar-refractivity contribution >= 4 is 23.2 Å². The molecule has 0 spiro atoms. The van der Waals surface area contributed by atoms with Crippen LogP contribution in [0.5, 0.6) is 5.75 Å². The second kappa shape index (κ2) is 6.43. The Morgan fingerprint density at radius 2 is 1.73 bits per heavy atom. The number of benzene rings is 1. The number of carbonyl (C=O) groups is 3. The fourth-order valence-corrected chi connectivity index (χ4v) is 5.61. The summed E-state index contributed by atoms with van der Waals surface area (Å²) in [5.41, 5.74) is -3.68. The fraction of sp³-hybridized carbons (Fsp3) is 0.435. The molecule has 33 heavy (non-hydrogen) atoms. The Morgan fingerprint density at radius 1 is 1.06 bits per heavy atom. The van der Waals surface area contributed by atoms with Gasteiger partial charge in [-0.15, -0.1) is 0 Å². The number of primary amides is 1. The molecule has 4 aliphatic rings. The highest BCUT2D eigenvalue weighted by atomic mass is 16.4. The number of phenolic OH excluding ortho intramolecular Hbond substituents is 1. The lowest BCUT2D eigenvalue weighted by atomic mass is 9.55. The summed E-state index contributed by atoms with van der Waals surface area (Å²) in [5.74, 6) is -6.16. The molecule has 0 aliphatic heterocycles. The second-order valence-corrected chi connectivity index (χ2v) is 9.61. The molecule has 2 unspecified atom stereocenters. The number of hydrogen-bond acceptors (Lipinski definition) is 9. The van der Waals surface area contributed by atoms with Crippen molar-refractivity contribution in [1.29, 1.82) is 0 Å². The van der Waals surface area contributed by atoms with E-state index >= 15 is 0 Å². The van der Waals surface area contributed by atoms with Gasteiger partial charge in [-0.25, -0.2) is 0 Å². The predicted octanol–water partition coefficient (Wildman–Crippen LogP) is -0.394. The number of fused-ring (bicyclic) bond motifs is 3. The maximum absolute atomic E-state index is 13.5. The fourth-order valence-electron chi connectivity index (χ4n) is 5.61. The third-order valence-electron chi connectivity index (χ3n) is 7.37. The summed E-state index contributed by atoms with van der Waals surface area (Å²) in [6.07, 6.45) is 0.622. The molecule has 1 amide bonds. The number of rotatable bonds is 3. The molecule has 5 rings (SSSR count). The van der Waals surface area contributed by atoms with Crippen LogP contribution in [0.25, 0.3) is 5.76 Å². The van der Waals surface area contributed by atoms with E-state index in [2.05, 4.69) is 0 Å². The van der Waals surface area contributed by atoms with Crippen molar-refractivity contribution < 1.29 is 45.0 Å². The molecule has 174 valence electrons. The van der Waals surface area contributed by atoms with E-state index in [0.717, 1.165) is 18.4 Å². The summed E-state index contributed by atoms with van der Waals surface area (Å²) >= 11 is 0. The van der Waals surface area contributed by atoms with Crippen LogP contribution in [0.15, 0.2) is 29.0 Å². The standard InChI is InChI=1S/C23H23NO9/c24-20(30)15-13(26)7-22(32)8-21(31)6-11-10(5-9-1-2-9)3-4-12(25)14(11)17(27)16(21)19(29)23(22,33)18(15)28/h3-4,9,25,27-28,31-33H,1-2,5-8H2,(H2,24,30)/t21?,22?,23-/m1/s1. The molecular weight excluding hydrogens is 434 g/mol. The molecule has 4 aliphatic carbocycles. The van der Waals surface area contributed by atoms with Crippen LogP contribution in [0.3, 0.4) is 0 Å². The molecule has 10 nitrogen and oxygen atoms in total. The molecule has 10 heteroatoms. The summed E-state index contributed by atoms with van der Waals surface area (Å²) in [6.45, 7) is 0. The molecule has 0 heterocycles. The number of amides is 1. The van der Waals surface area contributed by atoms with Crippen molar-refractivity contribution in [3.8, 4) is 5.75 Å². The highest BCUT2D eigenvalue weighted by molar-refractivity contribution is 6.23. The Labute approximate surface area is 187 Å². The largest absolute Gasteiger partial charge is 0.508 e. The van der Waals surface area contributed by atoms with Crippen LogP contribution >= 0.6 is 0 Å². The predicted molar refractivity (Wildman–Crippen MR) is 111 cm³/mol. The first kappa shape index (κ1) is 21.6. The topological polar surface area (TPSA) is 199 Å². The molecule has 8 N–H and O–H groups in total. The van der Waals surface area contributed by atoms with Gasteiger partial charge in [-0.1, -0.05) is 6.07 Å². The second-order valence-electron chi connectivity index (χ2n) is 9.61. The molecule has 0 bridgehead atoms. The van der Waals surface area contributed by atoms with Gasteiger partial charge in [-0.2, -0.15) is 0 Å². The zero-order valence-electron chi connectivity index (χ0n) is 17.5. The Hall–Kier alpha value is -3.21. The van der Waals surface area contributed by atoms with Gasteiger partial charge in [0.05, 0.1) is 11.1 Å². The maximum atomic E-state index is 13.5. The van der Waals surface area contributed by atoms with Crippen LogP contribution in [0.1, 0.15) is 42.4 Å². The molecule has 2 fully saturated rings. The Bertz CT molecular complexity index is 1230. The minimum atomic E-state index is -3.21. The van der Waals surface area contributed by atoms with Gasteiger partial charge >= 0.3 is 0 Å². The van der Waals surface area contributed by atoms with Gasteiger partial charge in [0.1, 0.15) is 28.3 Å². The van der Waals surface area contributed by atoms with Crippen LogP contribution in [-0.4, -0.2) is 64.9 Å². The summed E-state index contributed by atoms with van der Waals surface area (Å²) in [7, 11) is 0. The van der Waals surface area contributed by atoms with Gasteiger partial charge in [0.15, 0.2) is 11.5 Å². The average molecular weight is 457 g/mol. The zero-order chi connectivity index (χ0) is 24.1. The summed E-state index contributed by atoms with van der Waals surface area (Å²) in [4.78, 5) is 37.6. The van der Waals surface area contributed by atoms with Gasteiger partial charge in [-0.3, -0.25) is 14.4 Å². The van der Waals surface area contributed by atoms with E-state index in [1.165, 1.54) is 6.07 Å². The number of Topliss-reactive ketones (excluding diaryl/α,β-unsaturated/α-hetero) is 2. The van der Waals surface area contributed by atoms with Gasteiger partial charge in [-0.05, 0) is 42.4 Å². The third-order valence-corrected chi connectivity index (χ3v) is 7.37. The van der Waals surface area contributed by atoms with Gasteiger partial charge < -0.3 is 36.4 Å².